The number of nitrogens with one attached hydrogen (secondary N) is 1. The number of urea groups is 1. The van der Waals surface area contributed by atoms with Crippen molar-refractivity contribution in [2.45, 2.75) is 56.5 Å². The summed E-state index contributed by atoms with van der Waals surface area (Å²) in [6.07, 6.45) is 5.71. The van der Waals surface area contributed by atoms with E-state index in [-0.39, 0.29) is 11.5 Å². The maximum absolute atomic E-state index is 13.1. The predicted octanol–water partition coefficient (Wildman–Crippen LogP) is 3.01. The normalized spacial score (nSPS) is 20.8. The molecule has 3 amide bonds. The van der Waals surface area contributed by atoms with Crippen molar-refractivity contribution in [1.29, 1.82) is 0 Å². The minimum Gasteiger partial charge on any atom is -0.357 e. The van der Waals surface area contributed by atoms with E-state index in [4.69, 9.17) is 10.5 Å². The van der Waals surface area contributed by atoms with Gasteiger partial charge in [-0.05, 0) is 55.9 Å². The Balaban J connectivity index is 1.19. The molecule has 1 aromatic carbocycles. The van der Waals surface area contributed by atoms with E-state index in [2.05, 4.69) is 21.3 Å². The molecule has 2 aliphatic heterocycles. The van der Waals surface area contributed by atoms with Crippen molar-refractivity contribution in [3.05, 3.63) is 59.4 Å². The van der Waals surface area contributed by atoms with Crippen molar-refractivity contribution in [1.82, 2.24) is 14.8 Å². The Bertz CT molecular complexity index is 1080. The van der Waals surface area contributed by atoms with E-state index in [9.17, 15) is 14.0 Å². The van der Waals surface area contributed by atoms with Crippen molar-refractivity contribution < 1.29 is 18.7 Å². The van der Waals surface area contributed by atoms with Crippen LogP contribution >= 0.6 is 0 Å². The lowest BCUT2D eigenvalue weighted by molar-refractivity contribution is -0.201. The number of nitrogens with two attached hydrogens (primary N) is 1. The molecular weight excluding hydrogens is 449 g/mol. The fourth-order valence-corrected chi connectivity index (χ4v) is 5.26. The molecule has 8 nitrogen and oxygen atoms in total. The van der Waals surface area contributed by atoms with Gasteiger partial charge < -0.3 is 25.6 Å². The van der Waals surface area contributed by atoms with E-state index in [1.807, 2.05) is 23.1 Å². The summed E-state index contributed by atoms with van der Waals surface area (Å²) < 4.78 is 19.4. The second-order valence-electron chi connectivity index (χ2n) is 10.0. The molecular formula is C26H32FN5O3. The lowest BCUT2D eigenvalue weighted by Gasteiger charge is -2.50. The summed E-state index contributed by atoms with van der Waals surface area (Å²) in [6.45, 7) is 3.17. The summed E-state index contributed by atoms with van der Waals surface area (Å²) in [5.74, 6) is 0.0615. The van der Waals surface area contributed by atoms with Gasteiger partial charge in [-0.25, -0.2) is 9.18 Å². The molecule has 3 heterocycles. The molecule has 2 aromatic rings. The van der Waals surface area contributed by atoms with E-state index >= 15 is 0 Å². The maximum atomic E-state index is 13.1. The number of hydrogen-bond acceptors (Lipinski definition) is 5. The fourth-order valence-electron chi connectivity index (χ4n) is 5.26. The number of rotatable bonds is 7. The molecule has 2 saturated heterocycles. The number of nitrogens with zero attached hydrogens (tertiary/aromatic N) is 3. The van der Waals surface area contributed by atoms with Crippen LogP contribution in [-0.2, 0) is 29.2 Å². The quantitative estimate of drug-likeness (QED) is 0.633. The number of pyridine rings is 1. The third-order valence-corrected chi connectivity index (χ3v) is 7.34. The number of carbonyl (C=O) groups excluding carboxylic acids is 2. The Kier molecular flexibility index (Phi) is 6.46. The van der Waals surface area contributed by atoms with Crippen molar-refractivity contribution in [3.63, 3.8) is 0 Å². The number of morpholine rings is 1. The van der Waals surface area contributed by atoms with Crippen LogP contribution in [0.25, 0.3) is 0 Å². The summed E-state index contributed by atoms with van der Waals surface area (Å²) in [7, 11) is 0. The molecule has 0 radical (unpaired) electrons. The third-order valence-electron chi connectivity index (χ3n) is 7.34. The van der Waals surface area contributed by atoms with Gasteiger partial charge in [0.05, 0.1) is 24.4 Å². The van der Waals surface area contributed by atoms with Gasteiger partial charge in [0.15, 0.2) is 0 Å². The van der Waals surface area contributed by atoms with Crippen LogP contribution in [0.2, 0.25) is 0 Å². The molecule has 35 heavy (non-hydrogen) atoms. The molecule has 186 valence electrons. The molecule has 1 aliphatic carbocycles. The molecule has 9 heteroatoms. The van der Waals surface area contributed by atoms with Gasteiger partial charge in [-0.3, -0.25) is 9.78 Å². The van der Waals surface area contributed by atoms with Crippen molar-refractivity contribution >= 4 is 17.6 Å². The summed E-state index contributed by atoms with van der Waals surface area (Å²) in [4.78, 5) is 32.9. The highest BCUT2D eigenvalue weighted by atomic mass is 19.1. The molecule has 2 spiro atoms. The highest BCUT2D eigenvalue weighted by Gasteiger charge is 2.61. The largest absolute Gasteiger partial charge is 0.357 e. The zero-order valence-electron chi connectivity index (χ0n) is 19.8. The lowest BCUT2D eigenvalue weighted by atomic mass is 9.87. The topological polar surface area (TPSA) is 101 Å². The fraction of sp³-hybridized carbons (Fsp3) is 0.500. The highest BCUT2D eigenvalue weighted by molar-refractivity contribution is 5.89. The number of aromatic nitrogens is 1. The van der Waals surface area contributed by atoms with E-state index in [1.54, 1.807) is 18.3 Å². The smallest absolute Gasteiger partial charge is 0.316 e. The molecule has 3 aliphatic rings. The second kappa shape index (κ2) is 9.54. The van der Waals surface area contributed by atoms with Crippen LogP contribution < -0.4 is 11.1 Å². The Morgan fingerprint density at radius 1 is 1.14 bits per heavy atom. The molecule has 0 unspecified atom stereocenters. The standard InChI is InChI=1S/C26H32FN5O3/c27-15-20-4-5-22(29-16-20)17-32-18-25(35-26(7-8-26)23(32)33)9-12-31(13-10-25)11-6-19-2-1-3-21(14-19)30-24(28)34/h1-5,14,16H,6-13,15,17-18H2,(H3,28,30,34). The average Bonchev–Trinajstić information content (AvgIpc) is 3.62. The number of likely N-dealkylation sites (tertiary alicyclic amines) is 1. The number of ether oxygens (including phenoxy) is 1. The minimum atomic E-state index is -0.660. The third kappa shape index (κ3) is 5.31. The Morgan fingerprint density at radius 2 is 1.94 bits per heavy atom. The van der Waals surface area contributed by atoms with Crippen LogP contribution in [0.15, 0.2) is 42.6 Å². The van der Waals surface area contributed by atoms with Crippen LogP contribution in [0, 0.1) is 0 Å². The summed E-state index contributed by atoms with van der Waals surface area (Å²) in [5.41, 5.74) is 7.39. The van der Waals surface area contributed by atoms with E-state index < -0.39 is 18.3 Å². The van der Waals surface area contributed by atoms with Gasteiger partial charge >= 0.3 is 6.03 Å². The van der Waals surface area contributed by atoms with Crippen LogP contribution in [0.4, 0.5) is 14.9 Å². The van der Waals surface area contributed by atoms with Crippen LogP contribution in [0.1, 0.15) is 42.5 Å². The first kappa shape index (κ1) is 23.7. The summed E-state index contributed by atoms with van der Waals surface area (Å²) in [5, 5.41) is 2.62. The van der Waals surface area contributed by atoms with Crippen LogP contribution in [-0.4, -0.2) is 64.1 Å². The van der Waals surface area contributed by atoms with Crippen LogP contribution in [0.3, 0.4) is 0 Å². The number of benzene rings is 1. The average molecular weight is 482 g/mol. The number of alkyl halides is 1. The Hall–Kier alpha value is -3.04. The van der Waals surface area contributed by atoms with E-state index in [0.717, 1.165) is 63.0 Å². The molecule has 3 fully saturated rings. The first-order valence-electron chi connectivity index (χ1n) is 12.3. The Labute approximate surface area is 204 Å². The number of carbonyl (C=O) groups is 2. The summed E-state index contributed by atoms with van der Waals surface area (Å²) in [6, 6.07) is 10.7. The number of amides is 3. The predicted molar refractivity (Wildman–Crippen MR) is 129 cm³/mol. The van der Waals surface area contributed by atoms with Gasteiger partial charge in [-0.15, -0.1) is 0 Å². The first-order valence-corrected chi connectivity index (χ1v) is 12.3. The SMILES string of the molecule is NC(=O)Nc1cccc(CCN2CCC3(CC2)CN(Cc2ccc(CF)cn2)C(=O)C2(CC2)O3)c1. The van der Waals surface area contributed by atoms with Gasteiger partial charge in [0.25, 0.3) is 5.91 Å². The zero-order chi connectivity index (χ0) is 24.5. The van der Waals surface area contributed by atoms with Crippen molar-refractivity contribution in [2.75, 3.05) is 31.5 Å². The van der Waals surface area contributed by atoms with Gasteiger partial charge in [-0.1, -0.05) is 18.2 Å². The lowest BCUT2D eigenvalue weighted by Crippen LogP contribution is -2.62. The first-order chi connectivity index (χ1) is 16.9. The summed E-state index contributed by atoms with van der Waals surface area (Å²) >= 11 is 0. The second-order valence-corrected chi connectivity index (χ2v) is 10.0. The number of hydrogen-bond donors (Lipinski definition) is 2. The molecule has 3 N–H and O–H groups in total. The van der Waals surface area contributed by atoms with E-state index in [1.165, 1.54) is 0 Å². The maximum Gasteiger partial charge on any atom is 0.316 e. The monoisotopic (exact) mass is 481 g/mol. The van der Waals surface area contributed by atoms with Crippen molar-refractivity contribution in [2.24, 2.45) is 5.73 Å². The molecule has 0 bridgehead atoms. The van der Waals surface area contributed by atoms with Crippen molar-refractivity contribution in [3.8, 4) is 0 Å². The number of primary amides is 1. The molecule has 1 saturated carbocycles. The van der Waals surface area contributed by atoms with Gasteiger partial charge in [0.2, 0.25) is 0 Å². The minimum absolute atomic E-state index is 0.0615. The Morgan fingerprint density at radius 3 is 2.60 bits per heavy atom. The zero-order valence-corrected chi connectivity index (χ0v) is 19.8. The van der Waals surface area contributed by atoms with Gasteiger partial charge in [0, 0.05) is 37.1 Å². The molecule has 5 rings (SSSR count). The van der Waals surface area contributed by atoms with E-state index in [0.29, 0.717) is 24.3 Å². The highest BCUT2D eigenvalue weighted by Crippen LogP contribution is 2.50. The van der Waals surface area contributed by atoms with Gasteiger partial charge in [-0.2, -0.15) is 0 Å². The molecule has 0 atom stereocenters. The number of halogens is 1. The number of piperidine rings is 1. The van der Waals surface area contributed by atoms with Crippen LogP contribution in [0.5, 0.6) is 0 Å². The number of anilines is 1. The molecule has 1 aromatic heterocycles. The van der Waals surface area contributed by atoms with Gasteiger partial charge in [0.1, 0.15) is 12.3 Å².